The zero-order valence-electron chi connectivity index (χ0n) is 27.8. The number of thiophene rings is 1. The molecule has 9 aromatic carbocycles. The Balaban J connectivity index is 1.16. The molecule has 3 nitrogen and oxygen atoms in total. The number of rotatable bonds is 5. The second-order valence-corrected chi connectivity index (χ2v) is 14.4. The van der Waals surface area contributed by atoms with E-state index in [1.54, 1.807) is 0 Å². The van der Waals surface area contributed by atoms with Crippen LogP contribution in [0.2, 0.25) is 0 Å². The van der Waals surface area contributed by atoms with Gasteiger partial charge < -0.3 is 14.2 Å². The lowest BCUT2D eigenvalue weighted by atomic mass is 9.92. The van der Waals surface area contributed by atoms with Crippen molar-refractivity contribution >= 4 is 114 Å². The van der Waals surface area contributed by atoms with Crippen LogP contribution in [0.1, 0.15) is 0 Å². The lowest BCUT2D eigenvalue weighted by Crippen LogP contribution is -2.11. The fraction of sp³-hybridized carbons (Fsp3) is 0.0213. The molecular formula is C47H30N2OS. The lowest BCUT2D eigenvalue weighted by molar-refractivity contribution is 0.669. The number of hydrogen-bond acceptors (Lipinski definition) is 4. The third-order valence-corrected chi connectivity index (χ3v) is 11.8. The number of furan rings is 1. The second kappa shape index (κ2) is 10.8. The Labute approximate surface area is 298 Å². The minimum Gasteiger partial charge on any atom is -0.454 e. The van der Waals surface area contributed by atoms with Gasteiger partial charge in [-0.1, -0.05) is 115 Å². The van der Waals surface area contributed by atoms with E-state index < -0.39 is 0 Å². The highest BCUT2D eigenvalue weighted by Crippen LogP contribution is 2.49. The topological polar surface area (TPSA) is 19.6 Å². The molecule has 11 rings (SSSR count). The average Bonchev–Trinajstić information content (AvgIpc) is 3.77. The van der Waals surface area contributed by atoms with Crippen LogP contribution in [0, 0.1) is 0 Å². The largest absolute Gasteiger partial charge is 0.454 e. The monoisotopic (exact) mass is 670 g/mol. The van der Waals surface area contributed by atoms with Crippen LogP contribution < -0.4 is 9.80 Å². The van der Waals surface area contributed by atoms with E-state index in [0.29, 0.717) is 0 Å². The Morgan fingerprint density at radius 3 is 1.84 bits per heavy atom. The van der Waals surface area contributed by atoms with Crippen LogP contribution in [0.4, 0.5) is 28.4 Å². The van der Waals surface area contributed by atoms with Gasteiger partial charge in [0.05, 0.1) is 21.8 Å². The Morgan fingerprint density at radius 1 is 0.431 bits per heavy atom. The fourth-order valence-corrected chi connectivity index (χ4v) is 9.53. The minimum absolute atomic E-state index is 0.882. The lowest BCUT2D eigenvalue weighted by Gasteiger charge is -2.28. The van der Waals surface area contributed by atoms with Crippen LogP contribution in [0.25, 0.3) is 74.4 Å². The standard InChI is InChI=1S/C47H30N2OS/c1-48(41-18-10-16-35-33-14-6-8-20-43(33)51-47(35)41)38-27-23-29-22-26-37-39(28-24-30-21-25-36(38)44(29)45(30)37)49(31-11-3-2-4-12-31)40-17-9-15-34-32-13-5-7-19-42(32)50-46(34)40/h2-28H,1H3. The molecule has 0 fully saturated rings. The van der Waals surface area contributed by atoms with Crippen LogP contribution >= 0.6 is 11.3 Å². The molecule has 0 spiro atoms. The molecule has 0 aliphatic carbocycles. The van der Waals surface area contributed by atoms with Crippen LogP contribution in [0.15, 0.2) is 168 Å². The van der Waals surface area contributed by atoms with E-state index in [9.17, 15) is 0 Å². The van der Waals surface area contributed by atoms with Gasteiger partial charge in [0.1, 0.15) is 5.58 Å². The Hall–Kier alpha value is -6.36. The first-order valence-electron chi connectivity index (χ1n) is 17.3. The zero-order valence-corrected chi connectivity index (χ0v) is 28.6. The van der Waals surface area contributed by atoms with Crippen LogP contribution in [0.3, 0.4) is 0 Å². The molecule has 11 aromatic rings. The molecule has 0 aliphatic rings. The first-order chi connectivity index (χ1) is 25.2. The van der Waals surface area contributed by atoms with Crippen molar-refractivity contribution in [2.75, 3.05) is 16.8 Å². The molecule has 51 heavy (non-hydrogen) atoms. The molecule has 4 heteroatoms. The Bertz CT molecular complexity index is 3120. The zero-order chi connectivity index (χ0) is 33.6. The molecule has 0 N–H and O–H groups in total. The molecule has 0 saturated heterocycles. The summed E-state index contributed by atoms with van der Waals surface area (Å²) in [7, 11) is 2.21. The van der Waals surface area contributed by atoms with E-state index in [2.05, 4.69) is 175 Å². The van der Waals surface area contributed by atoms with Gasteiger partial charge in [0, 0.05) is 55.4 Å². The van der Waals surface area contributed by atoms with Gasteiger partial charge in [-0.05, 0) is 70.1 Å². The smallest absolute Gasteiger partial charge is 0.159 e. The molecule has 0 amide bonds. The van der Waals surface area contributed by atoms with E-state index in [1.807, 2.05) is 17.4 Å². The van der Waals surface area contributed by atoms with Crippen molar-refractivity contribution in [1.29, 1.82) is 0 Å². The number of para-hydroxylation sites is 3. The Kier molecular flexibility index (Phi) is 6.04. The van der Waals surface area contributed by atoms with Crippen molar-refractivity contribution in [2.45, 2.75) is 0 Å². The maximum absolute atomic E-state index is 6.62. The van der Waals surface area contributed by atoms with E-state index in [-0.39, 0.29) is 0 Å². The molecule has 0 radical (unpaired) electrons. The fourth-order valence-electron chi connectivity index (χ4n) is 8.28. The number of fused-ring (bicyclic) bond motifs is 6. The van der Waals surface area contributed by atoms with Gasteiger partial charge in [-0.2, -0.15) is 0 Å². The number of anilines is 5. The molecule has 0 aliphatic heterocycles. The van der Waals surface area contributed by atoms with Crippen molar-refractivity contribution in [3.8, 4) is 0 Å². The van der Waals surface area contributed by atoms with E-state index in [0.717, 1.165) is 39.0 Å². The van der Waals surface area contributed by atoms with Crippen LogP contribution in [-0.4, -0.2) is 7.05 Å². The summed E-state index contributed by atoms with van der Waals surface area (Å²) in [5, 5.41) is 12.3. The van der Waals surface area contributed by atoms with E-state index in [4.69, 9.17) is 4.42 Å². The summed E-state index contributed by atoms with van der Waals surface area (Å²) in [6.45, 7) is 0. The van der Waals surface area contributed by atoms with Crippen molar-refractivity contribution in [2.24, 2.45) is 0 Å². The summed E-state index contributed by atoms with van der Waals surface area (Å²) in [6.07, 6.45) is 0. The molecule has 2 aromatic heterocycles. The molecule has 240 valence electrons. The highest BCUT2D eigenvalue weighted by atomic mass is 32.1. The van der Waals surface area contributed by atoms with Gasteiger partial charge in [0.2, 0.25) is 0 Å². The van der Waals surface area contributed by atoms with Crippen molar-refractivity contribution in [3.05, 3.63) is 164 Å². The summed E-state index contributed by atoms with van der Waals surface area (Å²) in [5.74, 6) is 0. The Morgan fingerprint density at radius 2 is 1.04 bits per heavy atom. The molecule has 0 saturated carbocycles. The highest BCUT2D eigenvalue weighted by Gasteiger charge is 2.23. The maximum atomic E-state index is 6.62. The van der Waals surface area contributed by atoms with Crippen molar-refractivity contribution in [3.63, 3.8) is 0 Å². The van der Waals surface area contributed by atoms with Crippen LogP contribution in [0.5, 0.6) is 0 Å². The highest BCUT2D eigenvalue weighted by molar-refractivity contribution is 7.26. The van der Waals surface area contributed by atoms with Crippen LogP contribution in [-0.2, 0) is 0 Å². The molecular weight excluding hydrogens is 641 g/mol. The summed E-state index contributed by atoms with van der Waals surface area (Å²) < 4.78 is 9.25. The van der Waals surface area contributed by atoms with E-state index in [1.165, 1.54) is 63.9 Å². The summed E-state index contributed by atoms with van der Waals surface area (Å²) in [4.78, 5) is 4.74. The van der Waals surface area contributed by atoms with Gasteiger partial charge in [-0.3, -0.25) is 0 Å². The number of hydrogen-bond donors (Lipinski definition) is 0. The van der Waals surface area contributed by atoms with Gasteiger partial charge in [-0.25, -0.2) is 0 Å². The third kappa shape index (κ3) is 4.11. The maximum Gasteiger partial charge on any atom is 0.159 e. The molecule has 0 unspecified atom stereocenters. The van der Waals surface area contributed by atoms with Crippen molar-refractivity contribution < 1.29 is 4.42 Å². The average molecular weight is 671 g/mol. The normalized spacial score (nSPS) is 12.0. The van der Waals surface area contributed by atoms with Gasteiger partial charge >= 0.3 is 0 Å². The molecule has 0 atom stereocenters. The summed E-state index contributed by atoms with van der Waals surface area (Å²) in [6, 6.07) is 59.2. The number of benzene rings is 9. The quantitative estimate of drug-likeness (QED) is 0.170. The predicted molar refractivity (Wildman–Crippen MR) is 220 cm³/mol. The van der Waals surface area contributed by atoms with E-state index >= 15 is 0 Å². The number of nitrogens with zero attached hydrogens (tertiary/aromatic N) is 2. The van der Waals surface area contributed by atoms with Gasteiger partial charge in [0.25, 0.3) is 0 Å². The summed E-state index contributed by atoms with van der Waals surface area (Å²) in [5.41, 5.74) is 7.40. The van der Waals surface area contributed by atoms with Gasteiger partial charge in [-0.15, -0.1) is 11.3 Å². The first-order valence-corrected chi connectivity index (χ1v) is 18.1. The first kappa shape index (κ1) is 28.5. The summed E-state index contributed by atoms with van der Waals surface area (Å²) >= 11 is 1.87. The van der Waals surface area contributed by atoms with Crippen molar-refractivity contribution in [1.82, 2.24) is 0 Å². The SMILES string of the molecule is CN(c1ccc2ccc3c(N(c4ccccc4)c4cccc5c4oc4ccccc45)ccc4ccc1c2c43)c1cccc2c1sc1ccccc12. The molecule has 2 heterocycles. The predicted octanol–water partition coefficient (Wildman–Crippen LogP) is 14.1. The third-order valence-electron chi connectivity index (χ3n) is 10.6. The van der Waals surface area contributed by atoms with Gasteiger partial charge in [0.15, 0.2) is 5.58 Å². The minimum atomic E-state index is 0.882. The molecule has 0 bridgehead atoms. The second-order valence-electron chi connectivity index (χ2n) is 13.3.